The van der Waals surface area contributed by atoms with Gasteiger partial charge in [0, 0.05) is 18.0 Å². The highest BCUT2D eigenvalue weighted by Gasteiger charge is 2.43. The van der Waals surface area contributed by atoms with Gasteiger partial charge in [0.15, 0.2) is 0 Å². The molecule has 2 aliphatic heterocycles. The molecule has 2 aliphatic rings. The monoisotopic (exact) mass is 383 g/mol. The highest BCUT2D eigenvalue weighted by Crippen LogP contribution is 2.46. The number of hydrogen-bond donors (Lipinski definition) is 1. The smallest absolute Gasteiger partial charge is 0.345 e. The third kappa shape index (κ3) is 2.99. The van der Waals surface area contributed by atoms with E-state index in [9.17, 15) is 15.2 Å². The number of hydrogen-bond acceptors (Lipinski definition) is 6. The van der Waals surface area contributed by atoms with Crippen molar-refractivity contribution in [3.8, 4) is 6.07 Å². The lowest BCUT2D eigenvalue weighted by Gasteiger charge is -2.44. The molecule has 0 saturated carbocycles. The molecule has 1 spiro atoms. The maximum absolute atomic E-state index is 11.4. The number of rotatable bonds is 2. The third-order valence-electron chi connectivity index (χ3n) is 5.57. The number of thiophene rings is 1. The van der Waals surface area contributed by atoms with Gasteiger partial charge in [-0.15, -0.1) is 11.3 Å². The molecule has 1 saturated heterocycles. The SMILES string of the molecule is Cc1cc(N2CCC3(CC2)OCCc2cc(C(=O)O)sc23)nc(C)c1C#N. The topological polar surface area (TPSA) is 86.4 Å². The number of carbonyl (C=O) groups is 1. The number of pyridine rings is 1. The molecule has 4 heterocycles. The standard InChI is InChI=1S/C20H21N3O3S/c1-12-9-17(22-13(2)15(12)11-21)23-6-4-20(5-7-23)18-14(3-8-26-20)10-16(27-18)19(24)25/h9-10H,3-8H2,1-2H3,(H,24,25). The van der Waals surface area contributed by atoms with Crippen molar-refractivity contribution in [3.05, 3.63) is 44.3 Å². The average molecular weight is 383 g/mol. The summed E-state index contributed by atoms with van der Waals surface area (Å²) in [6.07, 6.45) is 2.39. The number of aromatic nitrogens is 1. The van der Waals surface area contributed by atoms with E-state index in [0.717, 1.165) is 59.9 Å². The number of nitrogens with zero attached hydrogens (tertiary/aromatic N) is 3. The molecule has 0 bridgehead atoms. The molecule has 2 aromatic heterocycles. The molecule has 0 unspecified atom stereocenters. The van der Waals surface area contributed by atoms with Crippen LogP contribution in [-0.2, 0) is 16.8 Å². The predicted molar refractivity (Wildman–Crippen MR) is 102 cm³/mol. The first-order valence-electron chi connectivity index (χ1n) is 9.07. The van der Waals surface area contributed by atoms with Crippen LogP contribution in [0.1, 0.15) is 49.8 Å². The van der Waals surface area contributed by atoms with E-state index >= 15 is 0 Å². The van der Waals surface area contributed by atoms with Crippen molar-refractivity contribution in [3.63, 3.8) is 0 Å². The molecule has 140 valence electrons. The van der Waals surface area contributed by atoms with Crippen molar-refractivity contribution in [2.45, 2.75) is 38.7 Å². The Morgan fingerprint density at radius 2 is 2.11 bits per heavy atom. The molecule has 0 radical (unpaired) electrons. The van der Waals surface area contributed by atoms with Crippen LogP contribution in [0.15, 0.2) is 12.1 Å². The van der Waals surface area contributed by atoms with Crippen LogP contribution < -0.4 is 4.90 Å². The lowest BCUT2D eigenvalue weighted by molar-refractivity contribution is -0.0735. The minimum absolute atomic E-state index is 0.376. The fraction of sp³-hybridized carbons (Fsp3) is 0.450. The molecule has 1 fully saturated rings. The van der Waals surface area contributed by atoms with Crippen molar-refractivity contribution < 1.29 is 14.6 Å². The Hall–Kier alpha value is -2.43. The first kappa shape index (κ1) is 18.0. The molecule has 0 amide bonds. The van der Waals surface area contributed by atoms with Gasteiger partial charge in [0.05, 0.1) is 17.9 Å². The Morgan fingerprint density at radius 3 is 2.74 bits per heavy atom. The van der Waals surface area contributed by atoms with E-state index in [1.807, 2.05) is 26.0 Å². The number of piperidine rings is 1. The largest absolute Gasteiger partial charge is 0.477 e. The maximum Gasteiger partial charge on any atom is 0.345 e. The summed E-state index contributed by atoms with van der Waals surface area (Å²) in [6.45, 7) is 6.03. The van der Waals surface area contributed by atoms with E-state index in [2.05, 4.69) is 16.0 Å². The molecule has 0 atom stereocenters. The van der Waals surface area contributed by atoms with Crippen molar-refractivity contribution in [2.24, 2.45) is 0 Å². The molecule has 2 aromatic rings. The second kappa shape index (κ2) is 6.63. The Kier molecular flexibility index (Phi) is 4.41. The quantitative estimate of drug-likeness (QED) is 0.855. The van der Waals surface area contributed by atoms with Gasteiger partial charge in [0.25, 0.3) is 0 Å². The summed E-state index contributed by atoms with van der Waals surface area (Å²) in [7, 11) is 0. The molecule has 1 N–H and O–H groups in total. The molecule has 6 nitrogen and oxygen atoms in total. The van der Waals surface area contributed by atoms with Gasteiger partial charge in [0.2, 0.25) is 0 Å². The van der Waals surface area contributed by atoms with Crippen LogP contribution in [0.25, 0.3) is 0 Å². The van der Waals surface area contributed by atoms with E-state index < -0.39 is 5.97 Å². The van der Waals surface area contributed by atoms with Gasteiger partial charge in [-0.2, -0.15) is 5.26 Å². The van der Waals surface area contributed by atoms with Crippen LogP contribution in [0, 0.1) is 25.2 Å². The normalized spacial score (nSPS) is 18.2. The van der Waals surface area contributed by atoms with Gasteiger partial charge >= 0.3 is 5.97 Å². The first-order valence-corrected chi connectivity index (χ1v) is 9.89. The van der Waals surface area contributed by atoms with Crippen LogP contribution in [-0.4, -0.2) is 35.8 Å². The van der Waals surface area contributed by atoms with Crippen molar-refractivity contribution in [1.29, 1.82) is 5.26 Å². The van der Waals surface area contributed by atoms with Crippen LogP contribution in [0.3, 0.4) is 0 Å². The van der Waals surface area contributed by atoms with Crippen molar-refractivity contribution in [1.82, 2.24) is 4.98 Å². The molecular weight excluding hydrogens is 362 g/mol. The lowest BCUT2D eigenvalue weighted by atomic mass is 9.85. The van der Waals surface area contributed by atoms with Gasteiger partial charge in [-0.3, -0.25) is 0 Å². The Morgan fingerprint density at radius 1 is 1.37 bits per heavy atom. The minimum Gasteiger partial charge on any atom is -0.477 e. The fourth-order valence-electron chi connectivity index (χ4n) is 4.14. The summed E-state index contributed by atoms with van der Waals surface area (Å²) in [6, 6.07) is 6.00. The van der Waals surface area contributed by atoms with Gasteiger partial charge in [0.1, 0.15) is 22.4 Å². The second-order valence-corrected chi connectivity index (χ2v) is 8.27. The number of aromatic carboxylic acids is 1. The highest BCUT2D eigenvalue weighted by atomic mass is 32.1. The average Bonchev–Trinajstić information content (AvgIpc) is 3.08. The second-order valence-electron chi connectivity index (χ2n) is 7.22. The van der Waals surface area contributed by atoms with Gasteiger partial charge in [-0.05, 0) is 56.4 Å². The minimum atomic E-state index is -0.866. The summed E-state index contributed by atoms with van der Waals surface area (Å²) in [4.78, 5) is 19.7. The van der Waals surface area contributed by atoms with E-state index in [1.165, 1.54) is 11.3 Å². The molecular formula is C20H21N3O3S. The zero-order valence-electron chi connectivity index (χ0n) is 15.4. The molecule has 27 heavy (non-hydrogen) atoms. The molecule has 4 rings (SSSR count). The van der Waals surface area contributed by atoms with Crippen molar-refractivity contribution >= 4 is 23.1 Å². The van der Waals surface area contributed by atoms with Crippen LogP contribution in [0.2, 0.25) is 0 Å². The Bertz CT molecular complexity index is 929. The predicted octanol–water partition coefficient (Wildman–Crippen LogP) is 3.40. The van der Waals surface area contributed by atoms with E-state index in [-0.39, 0.29) is 5.60 Å². The Balaban J connectivity index is 1.58. The number of carboxylic acids is 1. The number of nitriles is 1. The Labute approximate surface area is 162 Å². The van der Waals surface area contributed by atoms with Crippen LogP contribution in [0.5, 0.6) is 0 Å². The molecule has 0 aliphatic carbocycles. The number of aryl methyl sites for hydroxylation is 2. The van der Waals surface area contributed by atoms with Crippen molar-refractivity contribution in [2.75, 3.05) is 24.6 Å². The van der Waals surface area contributed by atoms with Crippen LogP contribution in [0.4, 0.5) is 5.82 Å². The summed E-state index contributed by atoms with van der Waals surface area (Å²) in [5.74, 6) is 0.0296. The van der Waals surface area contributed by atoms with Crippen LogP contribution >= 0.6 is 11.3 Å². The van der Waals surface area contributed by atoms with Gasteiger partial charge in [-0.25, -0.2) is 9.78 Å². The fourth-order valence-corrected chi connectivity index (χ4v) is 5.39. The summed E-state index contributed by atoms with van der Waals surface area (Å²) >= 11 is 1.36. The highest BCUT2D eigenvalue weighted by molar-refractivity contribution is 7.14. The lowest BCUT2D eigenvalue weighted by Crippen LogP contribution is -2.46. The van der Waals surface area contributed by atoms with E-state index in [0.29, 0.717) is 17.0 Å². The van der Waals surface area contributed by atoms with Gasteiger partial charge in [-0.1, -0.05) is 0 Å². The zero-order chi connectivity index (χ0) is 19.2. The number of carboxylic acid groups (broad SMARTS) is 1. The number of fused-ring (bicyclic) bond motifs is 2. The third-order valence-corrected chi connectivity index (χ3v) is 6.92. The molecule has 0 aromatic carbocycles. The van der Waals surface area contributed by atoms with Gasteiger partial charge < -0.3 is 14.7 Å². The van der Waals surface area contributed by atoms with E-state index in [1.54, 1.807) is 0 Å². The molecule has 7 heteroatoms. The zero-order valence-corrected chi connectivity index (χ0v) is 16.2. The summed E-state index contributed by atoms with van der Waals surface area (Å²) in [5.41, 5.74) is 3.10. The maximum atomic E-state index is 11.4. The number of ether oxygens (including phenoxy) is 1. The summed E-state index contributed by atoms with van der Waals surface area (Å²) < 4.78 is 6.22. The van der Waals surface area contributed by atoms with E-state index in [4.69, 9.17) is 4.74 Å². The summed E-state index contributed by atoms with van der Waals surface area (Å²) in [5, 5.41) is 18.6. The number of anilines is 1. The first-order chi connectivity index (χ1) is 12.9.